The van der Waals surface area contributed by atoms with Crippen molar-refractivity contribution in [2.24, 2.45) is 5.73 Å². The average Bonchev–Trinajstić information content (AvgIpc) is 3.90. The molecule has 1 saturated heterocycles. The molecule has 1 fully saturated rings. The SMILES string of the molecule is CS(=O)(=O)O.CS(=O)(=O)O.Cc1cc(-n2ccnc2)c2cccc(OCc3c(Cl)ccc(S(=O)(=O)N4CCC[C@H]4C(=O)NCCCNC(=O)c4ccc(C(=N)N)cc4)c3Cl)c2n1. The van der Waals surface area contributed by atoms with E-state index in [4.69, 9.17) is 53.2 Å². The number of carbonyl (C=O) groups excluding carboxylic acids is 2. The van der Waals surface area contributed by atoms with Crippen molar-refractivity contribution in [3.8, 4) is 11.4 Å². The molecule has 6 rings (SSSR count). The van der Waals surface area contributed by atoms with Crippen LogP contribution in [0.2, 0.25) is 10.0 Å². The van der Waals surface area contributed by atoms with Crippen molar-refractivity contribution in [2.75, 3.05) is 32.1 Å². The fourth-order valence-electron chi connectivity index (χ4n) is 6.06. The van der Waals surface area contributed by atoms with Gasteiger partial charge in [-0.3, -0.25) is 24.1 Å². The van der Waals surface area contributed by atoms with Crippen LogP contribution in [0.3, 0.4) is 0 Å². The topological polar surface area (TPSA) is 294 Å². The number of aryl methyl sites for hydroxylation is 1. The van der Waals surface area contributed by atoms with Crippen LogP contribution in [0.25, 0.3) is 16.6 Å². The molecule has 0 radical (unpaired) electrons. The van der Waals surface area contributed by atoms with E-state index in [0.717, 1.165) is 16.8 Å². The normalized spacial score (nSPS) is 14.2. The van der Waals surface area contributed by atoms with Gasteiger partial charge in [0.05, 0.1) is 29.5 Å². The van der Waals surface area contributed by atoms with E-state index in [2.05, 4.69) is 15.6 Å². The van der Waals surface area contributed by atoms with Crippen LogP contribution in [-0.2, 0) is 41.7 Å². The van der Waals surface area contributed by atoms with Gasteiger partial charge in [-0.1, -0.05) is 47.5 Å². The lowest BCUT2D eigenvalue weighted by molar-refractivity contribution is -0.124. The second kappa shape index (κ2) is 21.3. The third kappa shape index (κ3) is 14.2. The molecule has 5 aromatic rings. The number of carbonyl (C=O) groups is 2. The maximum absolute atomic E-state index is 14.0. The highest BCUT2D eigenvalue weighted by Gasteiger charge is 2.40. The Bertz CT molecular complexity index is 2710. The molecule has 0 spiro atoms. The van der Waals surface area contributed by atoms with E-state index in [0.29, 0.717) is 54.2 Å². The van der Waals surface area contributed by atoms with Crippen molar-refractivity contribution in [3.63, 3.8) is 0 Å². The number of hydrogen-bond donors (Lipinski definition) is 6. The van der Waals surface area contributed by atoms with Gasteiger partial charge in [0.2, 0.25) is 15.9 Å². The quantitative estimate of drug-likeness (QED) is 0.0421. The number of nitrogens with zero attached hydrogens (tertiary/aromatic N) is 4. The van der Waals surface area contributed by atoms with Gasteiger partial charge in [-0.25, -0.2) is 18.4 Å². The van der Waals surface area contributed by atoms with Gasteiger partial charge in [-0.05, 0) is 62.6 Å². The van der Waals surface area contributed by atoms with Gasteiger partial charge >= 0.3 is 0 Å². The number of nitrogen functional groups attached to an aromatic ring is 1. The Kier molecular flexibility index (Phi) is 17.0. The summed E-state index contributed by atoms with van der Waals surface area (Å²) < 4.78 is 89.0. The number of nitrogens with one attached hydrogen (secondary N) is 3. The summed E-state index contributed by atoms with van der Waals surface area (Å²) >= 11 is 13.3. The largest absolute Gasteiger partial charge is 0.487 e. The number of benzene rings is 3. The van der Waals surface area contributed by atoms with E-state index in [9.17, 15) is 34.8 Å². The lowest BCUT2D eigenvalue weighted by atomic mass is 10.1. The van der Waals surface area contributed by atoms with Crippen molar-refractivity contribution in [2.45, 2.75) is 43.7 Å². The van der Waals surface area contributed by atoms with Crippen molar-refractivity contribution < 1.29 is 48.7 Å². The third-order valence-corrected chi connectivity index (χ3v) is 11.6. The fourth-order valence-corrected chi connectivity index (χ4v) is 8.58. The molecule has 2 amide bonds. The average molecular weight is 956 g/mol. The zero-order valence-corrected chi connectivity index (χ0v) is 37.4. The number of fused-ring (bicyclic) bond motifs is 1. The molecule has 1 aliphatic heterocycles. The van der Waals surface area contributed by atoms with Crippen LogP contribution in [0.5, 0.6) is 5.75 Å². The summed E-state index contributed by atoms with van der Waals surface area (Å²) in [6, 6.07) is 15.7. The van der Waals surface area contributed by atoms with E-state index in [1.165, 1.54) is 16.4 Å². The molecule has 19 nitrogen and oxygen atoms in total. The molecule has 62 heavy (non-hydrogen) atoms. The number of sulfonamides is 1. The first-order valence-electron chi connectivity index (χ1n) is 18.3. The first-order valence-corrected chi connectivity index (χ1v) is 24.2. The second-order valence-corrected chi connectivity index (χ2v) is 19.2. The Hall–Kier alpha value is -5.20. The smallest absolute Gasteiger partial charge is 0.261 e. The van der Waals surface area contributed by atoms with Crippen LogP contribution in [0, 0.1) is 12.3 Å². The number of halogens is 2. The van der Waals surface area contributed by atoms with Gasteiger partial charge in [-0.2, -0.15) is 21.1 Å². The maximum Gasteiger partial charge on any atom is 0.261 e. The number of amidine groups is 1. The highest BCUT2D eigenvalue weighted by molar-refractivity contribution is 7.89. The number of para-hydroxylation sites is 1. The van der Waals surface area contributed by atoms with E-state index in [-0.39, 0.29) is 58.5 Å². The zero-order valence-electron chi connectivity index (χ0n) is 33.4. The molecular formula is C38H44Cl2N8O11S3. The van der Waals surface area contributed by atoms with Crippen molar-refractivity contribution >= 4 is 82.0 Å². The molecule has 0 aliphatic carbocycles. The maximum atomic E-state index is 14.0. The first-order chi connectivity index (χ1) is 29.0. The Morgan fingerprint density at radius 3 is 2.19 bits per heavy atom. The molecule has 0 unspecified atom stereocenters. The lowest BCUT2D eigenvalue weighted by Gasteiger charge is -2.24. The summed E-state index contributed by atoms with van der Waals surface area (Å²) in [5.74, 6) is -0.367. The third-order valence-electron chi connectivity index (χ3n) is 8.70. The summed E-state index contributed by atoms with van der Waals surface area (Å²) in [6.07, 6.45) is 7.91. The molecule has 3 heterocycles. The molecule has 24 heteroatoms. The van der Waals surface area contributed by atoms with Crippen molar-refractivity contribution in [1.82, 2.24) is 29.5 Å². The molecule has 7 N–H and O–H groups in total. The highest BCUT2D eigenvalue weighted by Crippen LogP contribution is 2.37. The number of imidazole rings is 1. The fraction of sp³-hybridized carbons (Fsp3) is 0.289. The van der Waals surface area contributed by atoms with Gasteiger partial charge in [-0.15, -0.1) is 0 Å². The lowest BCUT2D eigenvalue weighted by Crippen LogP contribution is -2.46. The van der Waals surface area contributed by atoms with Crippen molar-refractivity contribution in [3.05, 3.63) is 112 Å². The van der Waals surface area contributed by atoms with Crippen LogP contribution in [0.15, 0.2) is 84.3 Å². The number of ether oxygens (including phenoxy) is 1. The molecular weight excluding hydrogens is 912 g/mol. The standard InChI is InChI=1S/C36H36Cl2N8O5S.2CH4O3S/c1-22-19-29(45-18-16-41-21-45)25-5-2-7-30(33(25)44-22)51-20-26-27(37)12-13-31(32(26)38)52(49,50)46-17-3-6-28(46)36(48)43-15-4-14-42-35(47)24-10-8-23(9-11-24)34(39)40;2*1-5(2,3)4/h2,5,7-13,16,18-19,21,28H,3-4,6,14-15,17,20H2,1H3,(H3,39,40)(H,42,47)(H,43,48);2*1H3,(H,2,3,4)/t28-;;/m0../s1. The number of pyridine rings is 1. The molecule has 1 aliphatic rings. The van der Waals surface area contributed by atoms with Gasteiger partial charge in [0, 0.05) is 64.8 Å². The molecule has 2 aromatic heterocycles. The van der Waals surface area contributed by atoms with Gasteiger partial charge in [0.15, 0.2) is 0 Å². The summed E-state index contributed by atoms with van der Waals surface area (Å²) in [7, 11) is -11.5. The van der Waals surface area contributed by atoms with Gasteiger partial charge in [0.25, 0.3) is 26.1 Å². The number of nitrogens with two attached hydrogens (primary N) is 1. The Morgan fingerprint density at radius 2 is 1.58 bits per heavy atom. The summed E-state index contributed by atoms with van der Waals surface area (Å²) in [6.45, 7) is 2.39. The first kappa shape index (κ1) is 49.5. The minimum Gasteiger partial charge on any atom is -0.487 e. The van der Waals surface area contributed by atoms with Crippen LogP contribution >= 0.6 is 23.2 Å². The van der Waals surface area contributed by atoms with E-state index < -0.39 is 42.2 Å². The number of aromatic nitrogens is 3. The number of rotatable bonds is 13. The Labute approximate surface area is 368 Å². The predicted octanol–water partition coefficient (Wildman–Crippen LogP) is 4.00. The monoisotopic (exact) mass is 954 g/mol. The van der Waals surface area contributed by atoms with E-state index in [1.807, 2.05) is 35.9 Å². The van der Waals surface area contributed by atoms with Crippen LogP contribution < -0.4 is 21.1 Å². The zero-order chi connectivity index (χ0) is 46.0. The van der Waals surface area contributed by atoms with Crippen LogP contribution in [0.4, 0.5) is 0 Å². The molecule has 334 valence electrons. The predicted molar refractivity (Wildman–Crippen MR) is 234 cm³/mol. The van der Waals surface area contributed by atoms with Gasteiger partial charge < -0.3 is 25.7 Å². The number of hydrogen-bond acceptors (Lipinski definition) is 12. The molecule has 1 atom stereocenters. The summed E-state index contributed by atoms with van der Waals surface area (Å²) in [5.41, 5.74) is 8.91. The summed E-state index contributed by atoms with van der Waals surface area (Å²) in [5, 5.41) is 14.0. The van der Waals surface area contributed by atoms with Gasteiger partial charge in [0.1, 0.15) is 34.6 Å². The van der Waals surface area contributed by atoms with Crippen LogP contribution in [0.1, 0.15) is 46.4 Å². The molecule has 3 aromatic carbocycles. The number of amides is 2. The van der Waals surface area contributed by atoms with E-state index in [1.54, 1.807) is 42.9 Å². The van der Waals surface area contributed by atoms with Crippen LogP contribution in [-0.4, -0.2) is 109 Å². The minimum absolute atomic E-state index is 0.0887. The Morgan fingerprint density at radius 1 is 0.952 bits per heavy atom. The summed E-state index contributed by atoms with van der Waals surface area (Å²) in [4.78, 5) is 34.3. The van der Waals surface area contributed by atoms with Crippen molar-refractivity contribution in [1.29, 1.82) is 5.41 Å². The minimum atomic E-state index is -4.22. The molecule has 0 saturated carbocycles. The second-order valence-electron chi connectivity index (χ2n) is 13.7. The highest BCUT2D eigenvalue weighted by atomic mass is 35.5. The Balaban J connectivity index is 0.000000759. The van der Waals surface area contributed by atoms with E-state index >= 15 is 0 Å². The molecule has 0 bridgehead atoms.